The molecule has 2 fully saturated rings. The maximum Gasteiger partial charge on any atom is 0.00980 e. The fourth-order valence-corrected chi connectivity index (χ4v) is 4.23. The molecule has 0 bridgehead atoms. The predicted molar refractivity (Wildman–Crippen MR) is 86.0 cm³/mol. The van der Waals surface area contributed by atoms with E-state index in [-0.39, 0.29) is 0 Å². The summed E-state index contributed by atoms with van der Waals surface area (Å²) in [5.41, 5.74) is 2.91. The molecule has 3 rings (SSSR count). The van der Waals surface area contributed by atoms with Crippen LogP contribution in [-0.2, 0) is 0 Å². The van der Waals surface area contributed by atoms with Gasteiger partial charge in [-0.2, -0.15) is 0 Å². The largest absolute Gasteiger partial charge is 0.311 e. The van der Waals surface area contributed by atoms with Crippen molar-refractivity contribution in [3.63, 3.8) is 0 Å². The van der Waals surface area contributed by atoms with Crippen LogP contribution in [0.1, 0.15) is 63.0 Å². The Morgan fingerprint density at radius 1 is 1.10 bits per heavy atom. The van der Waals surface area contributed by atoms with Crippen LogP contribution >= 0.6 is 0 Å². The summed E-state index contributed by atoms with van der Waals surface area (Å²) in [6.45, 7) is 6.97. The van der Waals surface area contributed by atoms with E-state index in [9.17, 15) is 0 Å². The molecule has 110 valence electrons. The van der Waals surface area contributed by atoms with Crippen molar-refractivity contribution in [3.05, 3.63) is 35.4 Å². The Morgan fingerprint density at radius 2 is 1.80 bits per heavy atom. The van der Waals surface area contributed by atoms with E-state index in [4.69, 9.17) is 0 Å². The summed E-state index contributed by atoms with van der Waals surface area (Å²) < 4.78 is 0. The maximum absolute atomic E-state index is 3.94. The van der Waals surface area contributed by atoms with Crippen LogP contribution in [0.5, 0.6) is 0 Å². The molecule has 0 saturated heterocycles. The molecular weight excluding hydrogens is 242 g/mol. The molecule has 0 aliphatic heterocycles. The average molecular weight is 271 g/mol. The maximum atomic E-state index is 3.94. The van der Waals surface area contributed by atoms with Crippen LogP contribution in [0.3, 0.4) is 0 Å². The second-order valence-corrected chi connectivity index (χ2v) is 7.15. The van der Waals surface area contributed by atoms with Gasteiger partial charge in [0.25, 0.3) is 0 Å². The van der Waals surface area contributed by atoms with Gasteiger partial charge >= 0.3 is 0 Å². The fraction of sp³-hybridized carbons (Fsp3) is 0.684. The van der Waals surface area contributed by atoms with E-state index in [0.29, 0.717) is 0 Å². The van der Waals surface area contributed by atoms with Crippen LogP contribution in [-0.4, -0.2) is 12.1 Å². The zero-order valence-corrected chi connectivity index (χ0v) is 13.2. The standard InChI is InChI=1S/C19H29N/c1-4-15-9-10-19(14(15)3)20-18-11-17(12-18)16-7-5-13(2)6-8-16/h5-8,14-15,17-20H,4,9-12H2,1-3H3. The lowest BCUT2D eigenvalue weighted by atomic mass is 9.75. The molecule has 0 spiro atoms. The van der Waals surface area contributed by atoms with Crippen molar-refractivity contribution in [2.24, 2.45) is 11.8 Å². The molecule has 20 heavy (non-hydrogen) atoms. The quantitative estimate of drug-likeness (QED) is 0.840. The molecule has 1 heteroatoms. The molecule has 1 aromatic carbocycles. The SMILES string of the molecule is CCC1CCC(NC2CC(c3ccc(C)cc3)C2)C1C. The first-order chi connectivity index (χ1) is 9.67. The molecule has 1 N–H and O–H groups in total. The lowest BCUT2D eigenvalue weighted by Gasteiger charge is -2.39. The van der Waals surface area contributed by atoms with Gasteiger partial charge in [-0.1, -0.05) is 50.1 Å². The number of rotatable bonds is 4. The highest BCUT2D eigenvalue weighted by Crippen LogP contribution is 2.40. The Balaban J connectivity index is 1.48. The van der Waals surface area contributed by atoms with Crippen molar-refractivity contribution in [1.82, 2.24) is 5.32 Å². The number of aryl methyl sites for hydroxylation is 1. The summed E-state index contributed by atoms with van der Waals surface area (Å²) in [4.78, 5) is 0. The van der Waals surface area contributed by atoms with E-state index < -0.39 is 0 Å². The van der Waals surface area contributed by atoms with Crippen LogP contribution in [0.15, 0.2) is 24.3 Å². The lowest BCUT2D eigenvalue weighted by molar-refractivity contribution is 0.235. The van der Waals surface area contributed by atoms with Gasteiger partial charge in [0.05, 0.1) is 0 Å². The first-order valence-corrected chi connectivity index (χ1v) is 8.50. The summed E-state index contributed by atoms with van der Waals surface area (Å²) in [5.74, 6) is 2.63. The molecule has 1 aromatic rings. The fourth-order valence-electron chi connectivity index (χ4n) is 4.23. The van der Waals surface area contributed by atoms with Gasteiger partial charge in [0, 0.05) is 12.1 Å². The van der Waals surface area contributed by atoms with Crippen molar-refractivity contribution < 1.29 is 0 Å². The monoisotopic (exact) mass is 271 g/mol. The molecule has 0 aromatic heterocycles. The van der Waals surface area contributed by atoms with E-state index in [1.807, 2.05) is 0 Å². The summed E-state index contributed by atoms with van der Waals surface area (Å²) in [7, 11) is 0. The van der Waals surface area contributed by atoms with Gasteiger partial charge in [0.15, 0.2) is 0 Å². The molecule has 2 saturated carbocycles. The molecule has 3 unspecified atom stereocenters. The Hall–Kier alpha value is -0.820. The van der Waals surface area contributed by atoms with Gasteiger partial charge in [-0.25, -0.2) is 0 Å². The van der Waals surface area contributed by atoms with Crippen LogP contribution in [0, 0.1) is 18.8 Å². The molecular formula is C19H29N. The third-order valence-corrected chi connectivity index (χ3v) is 5.89. The molecule has 3 atom stereocenters. The molecule has 2 aliphatic rings. The minimum absolute atomic E-state index is 0.768. The highest BCUT2D eigenvalue weighted by molar-refractivity contribution is 5.26. The Bertz CT molecular complexity index is 430. The smallest absolute Gasteiger partial charge is 0.00980 e. The van der Waals surface area contributed by atoms with Gasteiger partial charge < -0.3 is 5.32 Å². The zero-order valence-electron chi connectivity index (χ0n) is 13.2. The normalized spacial score (nSPS) is 36.9. The van der Waals surface area contributed by atoms with Crippen LogP contribution < -0.4 is 5.32 Å². The van der Waals surface area contributed by atoms with E-state index in [2.05, 4.69) is 50.4 Å². The number of nitrogens with one attached hydrogen (secondary N) is 1. The first kappa shape index (κ1) is 14.1. The molecule has 0 amide bonds. The van der Waals surface area contributed by atoms with Crippen LogP contribution in [0.2, 0.25) is 0 Å². The van der Waals surface area contributed by atoms with Crippen molar-refractivity contribution in [2.45, 2.75) is 70.9 Å². The summed E-state index contributed by atoms with van der Waals surface area (Å²) in [5, 5.41) is 3.94. The van der Waals surface area contributed by atoms with Crippen molar-refractivity contribution in [3.8, 4) is 0 Å². The second-order valence-electron chi connectivity index (χ2n) is 7.15. The van der Waals surface area contributed by atoms with E-state index >= 15 is 0 Å². The van der Waals surface area contributed by atoms with E-state index in [1.54, 1.807) is 5.56 Å². The predicted octanol–water partition coefficient (Wildman–Crippen LogP) is 4.66. The minimum atomic E-state index is 0.768. The third-order valence-electron chi connectivity index (χ3n) is 5.89. The molecule has 0 heterocycles. The molecule has 1 nitrogen and oxygen atoms in total. The summed E-state index contributed by atoms with van der Waals surface area (Å²) >= 11 is 0. The van der Waals surface area contributed by atoms with Gasteiger partial charge in [-0.05, 0) is 55.9 Å². The van der Waals surface area contributed by atoms with Gasteiger partial charge in [-0.15, -0.1) is 0 Å². The molecule has 0 radical (unpaired) electrons. The second kappa shape index (κ2) is 5.89. The van der Waals surface area contributed by atoms with Crippen LogP contribution in [0.25, 0.3) is 0 Å². The van der Waals surface area contributed by atoms with Crippen molar-refractivity contribution in [2.75, 3.05) is 0 Å². The zero-order chi connectivity index (χ0) is 14.1. The van der Waals surface area contributed by atoms with E-state index in [1.165, 1.54) is 37.7 Å². The van der Waals surface area contributed by atoms with Gasteiger partial charge in [0.2, 0.25) is 0 Å². The first-order valence-electron chi connectivity index (χ1n) is 8.50. The Morgan fingerprint density at radius 3 is 2.40 bits per heavy atom. The van der Waals surface area contributed by atoms with Crippen LogP contribution in [0.4, 0.5) is 0 Å². The number of hydrogen-bond acceptors (Lipinski definition) is 1. The minimum Gasteiger partial charge on any atom is -0.311 e. The summed E-state index contributed by atoms with van der Waals surface area (Å²) in [6.07, 6.45) is 6.86. The lowest BCUT2D eigenvalue weighted by Crippen LogP contribution is -2.46. The highest BCUT2D eigenvalue weighted by Gasteiger charge is 2.36. The van der Waals surface area contributed by atoms with Crippen molar-refractivity contribution in [1.29, 1.82) is 0 Å². The van der Waals surface area contributed by atoms with Gasteiger partial charge in [-0.3, -0.25) is 0 Å². The molecule has 2 aliphatic carbocycles. The highest BCUT2D eigenvalue weighted by atomic mass is 15.0. The average Bonchev–Trinajstić information content (AvgIpc) is 2.75. The number of benzene rings is 1. The third kappa shape index (κ3) is 2.79. The number of hydrogen-bond donors (Lipinski definition) is 1. The van der Waals surface area contributed by atoms with E-state index in [0.717, 1.165) is 29.8 Å². The topological polar surface area (TPSA) is 12.0 Å². The summed E-state index contributed by atoms with van der Waals surface area (Å²) in [6, 6.07) is 10.7. The Labute approximate surface area is 124 Å². The Kier molecular flexibility index (Phi) is 4.16. The van der Waals surface area contributed by atoms with Crippen molar-refractivity contribution >= 4 is 0 Å². The van der Waals surface area contributed by atoms with Gasteiger partial charge in [0.1, 0.15) is 0 Å².